The van der Waals surface area contributed by atoms with Crippen molar-refractivity contribution in [1.82, 2.24) is 16.2 Å². The average Bonchev–Trinajstić information content (AvgIpc) is 2.81. The van der Waals surface area contributed by atoms with Gasteiger partial charge in [0.15, 0.2) is 0 Å². The Bertz CT molecular complexity index is 566. The zero-order valence-electron chi connectivity index (χ0n) is 11.8. The lowest BCUT2D eigenvalue weighted by Crippen LogP contribution is -2.44. The van der Waals surface area contributed by atoms with Gasteiger partial charge in [0.05, 0.1) is 17.3 Å². The smallest absolute Gasteiger partial charge is 0.335 e. The molecule has 2 rings (SSSR count). The van der Waals surface area contributed by atoms with Crippen molar-refractivity contribution in [3.63, 3.8) is 0 Å². The molecule has 0 aromatic heterocycles. The second-order valence-corrected chi connectivity index (χ2v) is 5.25. The summed E-state index contributed by atoms with van der Waals surface area (Å²) in [7, 11) is 0. The largest absolute Gasteiger partial charge is 0.416 e. The molecule has 2 unspecified atom stereocenters. The summed E-state index contributed by atoms with van der Waals surface area (Å²) < 4.78 is 76.4. The zero-order chi connectivity index (χ0) is 17.4. The molecule has 1 heterocycles. The van der Waals surface area contributed by atoms with Crippen LogP contribution in [0.1, 0.15) is 34.8 Å². The molecule has 1 fully saturated rings. The van der Waals surface area contributed by atoms with Crippen LogP contribution < -0.4 is 16.2 Å². The average molecular weight is 341 g/mol. The van der Waals surface area contributed by atoms with E-state index in [4.69, 9.17) is 0 Å². The Morgan fingerprint density at radius 3 is 1.96 bits per heavy atom. The highest BCUT2D eigenvalue weighted by molar-refractivity contribution is 5.94. The molecule has 0 radical (unpaired) electrons. The molecule has 1 aromatic carbocycles. The van der Waals surface area contributed by atoms with Gasteiger partial charge in [-0.2, -0.15) is 26.3 Å². The fourth-order valence-corrected chi connectivity index (χ4v) is 2.14. The minimum Gasteiger partial charge on any atom is -0.335 e. The molecule has 1 amide bonds. The van der Waals surface area contributed by atoms with Gasteiger partial charge in [0.1, 0.15) is 0 Å². The topological polar surface area (TPSA) is 53.2 Å². The van der Waals surface area contributed by atoms with Crippen molar-refractivity contribution in [1.29, 1.82) is 0 Å². The number of hydrogen-bond donors (Lipinski definition) is 3. The third kappa shape index (κ3) is 4.35. The fourth-order valence-electron chi connectivity index (χ4n) is 2.14. The van der Waals surface area contributed by atoms with Crippen LogP contribution >= 0.6 is 0 Å². The SMILES string of the molecule is CC1CC(NC(=O)c2cc(C(F)(F)F)cc(C(F)(F)F)c2)NN1. The molecule has 0 spiro atoms. The van der Waals surface area contributed by atoms with Gasteiger partial charge < -0.3 is 5.32 Å². The molecule has 128 valence electrons. The summed E-state index contributed by atoms with van der Waals surface area (Å²) in [5, 5.41) is 2.34. The molecule has 4 nitrogen and oxygen atoms in total. The van der Waals surface area contributed by atoms with Crippen LogP contribution in [0, 0.1) is 0 Å². The van der Waals surface area contributed by atoms with Crippen LogP contribution in [-0.2, 0) is 12.4 Å². The number of hydrogen-bond acceptors (Lipinski definition) is 3. The maximum absolute atomic E-state index is 12.7. The summed E-state index contributed by atoms with van der Waals surface area (Å²) in [5.41, 5.74) is 1.69. The first-order valence-electron chi connectivity index (χ1n) is 6.58. The first-order valence-corrected chi connectivity index (χ1v) is 6.58. The summed E-state index contributed by atoms with van der Waals surface area (Å²) in [4.78, 5) is 12.0. The predicted octanol–water partition coefficient (Wildman–Crippen LogP) is 2.67. The molecule has 1 aliphatic heterocycles. The quantitative estimate of drug-likeness (QED) is 0.725. The molecule has 0 aliphatic carbocycles. The van der Waals surface area contributed by atoms with Gasteiger partial charge >= 0.3 is 12.4 Å². The van der Waals surface area contributed by atoms with Crippen LogP contribution in [0.25, 0.3) is 0 Å². The van der Waals surface area contributed by atoms with E-state index in [1.54, 1.807) is 6.92 Å². The molecule has 23 heavy (non-hydrogen) atoms. The van der Waals surface area contributed by atoms with Crippen molar-refractivity contribution >= 4 is 5.91 Å². The van der Waals surface area contributed by atoms with Gasteiger partial charge in [-0.1, -0.05) is 0 Å². The molecular formula is C13H13F6N3O. The maximum atomic E-state index is 12.7. The van der Waals surface area contributed by atoms with Crippen LogP contribution in [0.4, 0.5) is 26.3 Å². The van der Waals surface area contributed by atoms with E-state index in [1.165, 1.54) is 0 Å². The lowest BCUT2D eigenvalue weighted by atomic mass is 10.0. The lowest BCUT2D eigenvalue weighted by Gasteiger charge is -2.16. The Morgan fingerprint density at radius 1 is 1.04 bits per heavy atom. The number of rotatable bonds is 2. The summed E-state index contributed by atoms with van der Waals surface area (Å²) in [6.45, 7) is 1.80. The Kier molecular flexibility index (Phi) is 4.58. The van der Waals surface area contributed by atoms with E-state index in [0.29, 0.717) is 18.6 Å². The van der Waals surface area contributed by atoms with Crippen molar-refractivity contribution < 1.29 is 31.1 Å². The first-order chi connectivity index (χ1) is 10.5. The number of nitrogens with one attached hydrogen (secondary N) is 3. The monoisotopic (exact) mass is 341 g/mol. The van der Waals surface area contributed by atoms with Gasteiger partial charge in [-0.25, -0.2) is 5.43 Å². The first kappa shape index (κ1) is 17.5. The highest BCUT2D eigenvalue weighted by Crippen LogP contribution is 2.36. The summed E-state index contributed by atoms with van der Waals surface area (Å²) in [6.07, 6.45) is -10.1. The van der Waals surface area contributed by atoms with E-state index in [-0.39, 0.29) is 12.1 Å². The number of halogens is 6. The van der Waals surface area contributed by atoms with Crippen molar-refractivity contribution in [2.75, 3.05) is 0 Å². The van der Waals surface area contributed by atoms with Crippen LogP contribution in [0.3, 0.4) is 0 Å². The minimum atomic E-state index is -4.99. The van der Waals surface area contributed by atoms with Crippen molar-refractivity contribution in [2.45, 2.75) is 37.9 Å². The predicted molar refractivity (Wildman–Crippen MR) is 68.1 cm³/mol. The zero-order valence-corrected chi connectivity index (χ0v) is 11.8. The van der Waals surface area contributed by atoms with E-state index in [9.17, 15) is 31.1 Å². The number of alkyl halides is 6. The molecule has 1 saturated heterocycles. The molecule has 0 bridgehead atoms. The van der Waals surface area contributed by atoms with Gasteiger partial charge in [0, 0.05) is 11.6 Å². The Hall–Kier alpha value is -1.81. The third-order valence-electron chi connectivity index (χ3n) is 3.25. The molecule has 10 heteroatoms. The molecule has 3 N–H and O–H groups in total. The van der Waals surface area contributed by atoms with Crippen LogP contribution in [-0.4, -0.2) is 18.1 Å². The standard InChI is InChI=1S/C13H13F6N3O/c1-6-2-10(22-21-6)20-11(23)7-3-8(12(14,15)16)5-9(4-7)13(17,18)19/h3-6,10,21-22H,2H2,1H3,(H,20,23). The van der Waals surface area contributed by atoms with Gasteiger partial charge in [0.25, 0.3) is 5.91 Å². The highest BCUT2D eigenvalue weighted by atomic mass is 19.4. The maximum Gasteiger partial charge on any atom is 0.416 e. The van der Waals surface area contributed by atoms with Gasteiger partial charge in [-0.05, 0) is 31.5 Å². The van der Waals surface area contributed by atoms with E-state index in [1.807, 2.05) is 0 Å². The molecule has 1 aliphatic rings. The number of carbonyl (C=O) groups excluding carboxylic acids is 1. The highest BCUT2D eigenvalue weighted by Gasteiger charge is 2.37. The minimum absolute atomic E-state index is 0.00699. The van der Waals surface area contributed by atoms with Crippen LogP contribution in [0.2, 0.25) is 0 Å². The Labute approximate surface area is 127 Å². The van der Waals surface area contributed by atoms with Crippen LogP contribution in [0.15, 0.2) is 18.2 Å². The van der Waals surface area contributed by atoms with E-state index < -0.39 is 41.1 Å². The number of benzene rings is 1. The van der Waals surface area contributed by atoms with Crippen molar-refractivity contribution in [2.24, 2.45) is 0 Å². The van der Waals surface area contributed by atoms with E-state index in [0.717, 1.165) is 0 Å². The summed E-state index contributed by atoms with van der Waals surface area (Å²) >= 11 is 0. The third-order valence-corrected chi connectivity index (χ3v) is 3.25. The number of carbonyl (C=O) groups is 1. The van der Waals surface area contributed by atoms with Gasteiger partial charge in [0.2, 0.25) is 0 Å². The molecular weight excluding hydrogens is 328 g/mol. The Balaban J connectivity index is 2.31. The molecule has 1 aromatic rings. The number of hydrazine groups is 1. The van der Waals surface area contributed by atoms with Gasteiger partial charge in [-0.3, -0.25) is 10.2 Å². The fraction of sp³-hybridized carbons (Fsp3) is 0.462. The van der Waals surface area contributed by atoms with Crippen molar-refractivity contribution in [3.05, 3.63) is 34.9 Å². The van der Waals surface area contributed by atoms with E-state index >= 15 is 0 Å². The number of amides is 1. The summed E-state index contributed by atoms with van der Waals surface area (Å²) in [6, 6.07) is 0.786. The second-order valence-electron chi connectivity index (χ2n) is 5.25. The lowest BCUT2D eigenvalue weighted by molar-refractivity contribution is -0.143. The summed E-state index contributed by atoms with van der Waals surface area (Å²) in [5.74, 6) is -1.02. The normalized spacial score (nSPS) is 22.2. The molecule has 0 saturated carbocycles. The van der Waals surface area contributed by atoms with Crippen LogP contribution in [0.5, 0.6) is 0 Å². The Morgan fingerprint density at radius 2 is 1.57 bits per heavy atom. The second kappa shape index (κ2) is 6.00. The van der Waals surface area contributed by atoms with Crippen molar-refractivity contribution in [3.8, 4) is 0 Å². The van der Waals surface area contributed by atoms with Gasteiger partial charge in [-0.15, -0.1) is 0 Å². The molecule has 2 atom stereocenters. The van der Waals surface area contributed by atoms with E-state index in [2.05, 4.69) is 16.2 Å².